The highest BCUT2D eigenvalue weighted by Crippen LogP contribution is 2.36. The highest BCUT2D eigenvalue weighted by atomic mass is 19.4. The van der Waals surface area contributed by atoms with Gasteiger partial charge in [0.15, 0.2) is 0 Å². The van der Waals surface area contributed by atoms with Crippen molar-refractivity contribution in [2.75, 3.05) is 6.54 Å². The van der Waals surface area contributed by atoms with Gasteiger partial charge in [0.05, 0.1) is 5.56 Å². The van der Waals surface area contributed by atoms with E-state index in [0.29, 0.717) is 0 Å². The molecule has 0 radical (unpaired) electrons. The number of nitrogens with one attached hydrogen (secondary N) is 1. The van der Waals surface area contributed by atoms with Crippen molar-refractivity contribution in [2.45, 2.75) is 32.0 Å². The highest BCUT2D eigenvalue weighted by Gasteiger charge is 2.32. The summed E-state index contributed by atoms with van der Waals surface area (Å²) in [5.74, 6) is 0. The first-order valence-electron chi connectivity index (χ1n) is 5.45. The molecule has 0 spiro atoms. The fourth-order valence-electron chi connectivity index (χ4n) is 2.25. The number of alkyl halides is 3. The molecular formula is C12H14F3N. The zero-order valence-electron chi connectivity index (χ0n) is 9.06. The molecule has 0 saturated heterocycles. The first-order valence-corrected chi connectivity index (χ1v) is 5.45. The molecule has 0 fully saturated rings. The zero-order valence-corrected chi connectivity index (χ0v) is 9.06. The van der Waals surface area contributed by atoms with Crippen molar-refractivity contribution in [3.63, 3.8) is 0 Å². The summed E-state index contributed by atoms with van der Waals surface area (Å²) >= 11 is 0. The lowest BCUT2D eigenvalue weighted by Gasteiger charge is -2.13. The number of hydrogen-bond donors (Lipinski definition) is 1. The van der Waals surface area contributed by atoms with Crippen molar-refractivity contribution < 1.29 is 13.2 Å². The third kappa shape index (κ3) is 2.07. The average Bonchev–Trinajstić information content (AvgIpc) is 2.60. The Morgan fingerprint density at radius 2 is 2.12 bits per heavy atom. The smallest absolute Gasteiger partial charge is 0.310 e. The molecule has 0 heterocycles. The van der Waals surface area contributed by atoms with Gasteiger partial charge in [0.1, 0.15) is 0 Å². The van der Waals surface area contributed by atoms with Crippen molar-refractivity contribution in [2.24, 2.45) is 0 Å². The van der Waals surface area contributed by atoms with E-state index in [-0.39, 0.29) is 6.04 Å². The molecule has 1 aromatic rings. The van der Waals surface area contributed by atoms with Gasteiger partial charge in [-0.15, -0.1) is 0 Å². The molecule has 0 saturated carbocycles. The summed E-state index contributed by atoms with van der Waals surface area (Å²) in [7, 11) is 0. The van der Waals surface area contributed by atoms with Gasteiger partial charge >= 0.3 is 6.18 Å². The minimum Gasteiger partial charge on any atom is -0.310 e. The van der Waals surface area contributed by atoms with Gasteiger partial charge in [-0.1, -0.05) is 13.0 Å². The molecule has 2 rings (SSSR count). The van der Waals surface area contributed by atoms with Crippen LogP contribution in [0.2, 0.25) is 0 Å². The monoisotopic (exact) mass is 229 g/mol. The third-order valence-electron chi connectivity index (χ3n) is 3.00. The number of aryl methyl sites for hydroxylation is 1. The minimum atomic E-state index is -4.23. The van der Waals surface area contributed by atoms with Gasteiger partial charge in [-0.2, -0.15) is 13.2 Å². The summed E-state index contributed by atoms with van der Waals surface area (Å²) in [5, 5.41) is 3.28. The van der Waals surface area contributed by atoms with Gasteiger partial charge in [0.2, 0.25) is 0 Å². The van der Waals surface area contributed by atoms with Crippen LogP contribution >= 0.6 is 0 Å². The maximum Gasteiger partial charge on any atom is 0.416 e. The molecule has 1 aliphatic carbocycles. The summed E-state index contributed by atoms with van der Waals surface area (Å²) in [5.41, 5.74) is 1.32. The molecule has 88 valence electrons. The Morgan fingerprint density at radius 3 is 2.75 bits per heavy atom. The van der Waals surface area contributed by atoms with Crippen molar-refractivity contribution >= 4 is 0 Å². The molecule has 1 aromatic carbocycles. The van der Waals surface area contributed by atoms with E-state index in [4.69, 9.17) is 0 Å². The second kappa shape index (κ2) is 4.09. The SMILES string of the molecule is CCNC1CCc2cc(C(F)(F)F)ccc21. The van der Waals surface area contributed by atoms with Crippen LogP contribution in [0.25, 0.3) is 0 Å². The quantitative estimate of drug-likeness (QED) is 0.820. The summed E-state index contributed by atoms with van der Waals surface area (Å²) in [4.78, 5) is 0. The average molecular weight is 229 g/mol. The predicted molar refractivity (Wildman–Crippen MR) is 56.2 cm³/mol. The van der Waals surface area contributed by atoms with Crippen LogP contribution in [-0.4, -0.2) is 6.54 Å². The van der Waals surface area contributed by atoms with Gasteiger partial charge in [0, 0.05) is 6.04 Å². The summed E-state index contributed by atoms with van der Waals surface area (Å²) in [6.45, 7) is 2.84. The van der Waals surface area contributed by atoms with E-state index in [2.05, 4.69) is 5.32 Å². The van der Waals surface area contributed by atoms with Gasteiger partial charge in [-0.3, -0.25) is 0 Å². The van der Waals surface area contributed by atoms with Crippen LogP contribution in [0, 0.1) is 0 Å². The maximum absolute atomic E-state index is 12.5. The van der Waals surface area contributed by atoms with E-state index in [9.17, 15) is 13.2 Å². The molecule has 1 atom stereocenters. The van der Waals surface area contributed by atoms with E-state index in [1.54, 1.807) is 6.07 Å². The van der Waals surface area contributed by atoms with Gasteiger partial charge in [-0.25, -0.2) is 0 Å². The second-order valence-electron chi connectivity index (χ2n) is 4.06. The fourth-order valence-corrected chi connectivity index (χ4v) is 2.25. The van der Waals surface area contributed by atoms with Crippen LogP contribution in [0.5, 0.6) is 0 Å². The normalized spacial score (nSPS) is 19.9. The third-order valence-corrected chi connectivity index (χ3v) is 3.00. The number of hydrogen-bond acceptors (Lipinski definition) is 1. The largest absolute Gasteiger partial charge is 0.416 e. The molecule has 4 heteroatoms. The molecule has 16 heavy (non-hydrogen) atoms. The van der Waals surface area contributed by atoms with E-state index in [0.717, 1.165) is 30.5 Å². The number of halogens is 3. The van der Waals surface area contributed by atoms with Crippen LogP contribution in [0.15, 0.2) is 18.2 Å². The molecule has 0 aliphatic heterocycles. The molecule has 0 amide bonds. The maximum atomic E-state index is 12.5. The molecule has 0 aromatic heterocycles. The van der Waals surface area contributed by atoms with Crippen molar-refractivity contribution in [3.05, 3.63) is 34.9 Å². The number of benzene rings is 1. The summed E-state index contributed by atoms with van der Waals surface area (Å²) in [6.07, 6.45) is -2.60. The summed E-state index contributed by atoms with van der Waals surface area (Å²) in [6, 6.07) is 4.29. The lowest BCUT2D eigenvalue weighted by atomic mass is 10.0. The van der Waals surface area contributed by atoms with E-state index < -0.39 is 11.7 Å². The molecule has 1 unspecified atom stereocenters. The van der Waals surface area contributed by atoms with E-state index in [1.807, 2.05) is 6.92 Å². The van der Waals surface area contributed by atoms with E-state index in [1.165, 1.54) is 12.1 Å². The molecule has 0 bridgehead atoms. The first kappa shape index (κ1) is 11.5. The minimum absolute atomic E-state index is 0.224. The van der Waals surface area contributed by atoms with Crippen molar-refractivity contribution in [1.29, 1.82) is 0 Å². The lowest BCUT2D eigenvalue weighted by molar-refractivity contribution is -0.137. The van der Waals surface area contributed by atoms with Crippen molar-refractivity contribution in [1.82, 2.24) is 5.32 Å². The van der Waals surface area contributed by atoms with Gasteiger partial charge in [-0.05, 0) is 42.6 Å². The molecule has 1 nitrogen and oxygen atoms in total. The summed E-state index contributed by atoms with van der Waals surface area (Å²) < 4.78 is 37.5. The number of rotatable bonds is 2. The Bertz CT molecular complexity index is 384. The van der Waals surface area contributed by atoms with Crippen LogP contribution in [0.1, 0.15) is 36.1 Å². The number of fused-ring (bicyclic) bond motifs is 1. The van der Waals surface area contributed by atoms with Crippen LogP contribution in [0.3, 0.4) is 0 Å². The van der Waals surface area contributed by atoms with E-state index >= 15 is 0 Å². The van der Waals surface area contributed by atoms with Crippen molar-refractivity contribution in [3.8, 4) is 0 Å². The lowest BCUT2D eigenvalue weighted by Crippen LogP contribution is -2.18. The molecule has 1 aliphatic rings. The topological polar surface area (TPSA) is 12.0 Å². The Labute approximate surface area is 92.7 Å². The zero-order chi connectivity index (χ0) is 11.8. The Hall–Kier alpha value is -1.03. The Kier molecular flexibility index (Phi) is 2.93. The van der Waals surface area contributed by atoms with Crippen LogP contribution < -0.4 is 5.32 Å². The predicted octanol–water partition coefficient (Wildman–Crippen LogP) is 3.30. The Balaban J connectivity index is 2.29. The fraction of sp³-hybridized carbons (Fsp3) is 0.500. The first-order chi connectivity index (χ1) is 7.52. The molecule has 1 N–H and O–H groups in total. The standard InChI is InChI=1S/C12H14F3N/c1-2-16-11-6-3-8-7-9(12(13,14)15)4-5-10(8)11/h4-5,7,11,16H,2-3,6H2,1H3. The highest BCUT2D eigenvalue weighted by molar-refractivity contribution is 5.38. The van der Waals surface area contributed by atoms with Gasteiger partial charge in [0.25, 0.3) is 0 Å². The Morgan fingerprint density at radius 1 is 1.38 bits per heavy atom. The second-order valence-corrected chi connectivity index (χ2v) is 4.06. The van der Waals surface area contributed by atoms with Crippen LogP contribution in [-0.2, 0) is 12.6 Å². The molecular weight excluding hydrogens is 215 g/mol. The van der Waals surface area contributed by atoms with Crippen LogP contribution in [0.4, 0.5) is 13.2 Å². The van der Waals surface area contributed by atoms with Gasteiger partial charge < -0.3 is 5.32 Å².